The third-order valence-corrected chi connectivity index (χ3v) is 7.57. The van der Waals surface area contributed by atoms with Crippen molar-refractivity contribution in [1.29, 1.82) is 0 Å². The molecule has 2 amide bonds. The normalized spacial score (nSPS) is 17.6. The van der Waals surface area contributed by atoms with E-state index in [0.717, 1.165) is 22.2 Å². The van der Waals surface area contributed by atoms with E-state index >= 15 is 0 Å². The summed E-state index contributed by atoms with van der Waals surface area (Å²) in [6, 6.07) is 12.8. The third kappa shape index (κ3) is 5.74. The van der Waals surface area contributed by atoms with Gasteiger partial charge in [-0.3, -0.25) is 14.9 Å². The van der Waals surface area contributed by atoms with Gasteiger partial charge in [0.25, 0.3) is 0 Å². The lowest BCUT2D eigenvalue weighted by Gasteiger charge is -2.20. The van der Waals surface area contributed by atoms with Gasteiger partial charge < -0.3 is 10.1 Å². The van der Waals surface area contributed by atoms with Crippen molar-refractivity contribution in [2.45, 2.75) is 12.0 Å². The van der Waals surface area contributed by atoms with Gasteiger partial charge in [0.1, 0.15) is 15.7 Å². The van der Waals surface area contributed by atoms with Crippen molar-refractivity contribution in [2.75, 3.05) is 38.7 Å². The van der Waals surface area contributed by atoms with E-state index in [1.807, 2.05) is 43.6 Å². The molecule has 8 nitrogen and oxygen atoms in total. The number of urea groups is 1. The number of anilines is 1. The van der Waals surface area contributed by atoms with Crippen LogP contribution in [0.3, 0.4) is 0 Å². The molecular weight excluding hydrogens is 510 g/mol. The van der Waals surface area contributed by atoms with Crippen LogP contribution in [-0.4, -0.2) is 65.1 Å². The van der Waals surface area contributed by atoms with Gasteiger partial charge in [0, 0.05) is 57.0 Å². The number of nitrogens with one attached hydrogen (secondary N) is 2. The van der Waals surface area contributed by atoms with E-state index in [9.17, 15) is 13.6 Å². The van der Waals surface area contributed by atoms with E-state index in [1.165, 1.54) is 17.4 Å². The number of halogens is 2. The minimum atomic E-state index is -0.902. The Balaban J connectivity index is 1.38. The van der Waals surface area contributed by atoms with Crippen LogP contribution in [0.25, 0.3) is 21.8 Å². The Bertz CT molecular complexity index is 1410. The van der Waals surface area contributed by atoms with Gasteiger partial charge in [0.05, 0.1) is 18.8 Å². The maximum absolute atomic E-state index is 14.0. The Morgan fingerprint density at radius 1 is 1.13 bits per heavy atom. The number of hydrogen-bond donors (Lipinski definition) is 2. The zero-order valence-electron chi connectivity index (χ0n) is 21.0. The van der Waals surface area contributed by atoms with Crippen molar-refractivity contribution in [3.63, 3.8) is 0 Å². The second kappa shape index (κ2) is 11.4. The van der Waals surface area contributed by atoms with Crippen molar-refractivity contribution in [2.24, 2.45) is 7.05 Å². The first-order chi connectivity index (χ1) is 18.4. The number of carbonyl (C=O) groups excluding carboxylic acids is 1. The Kier molecular flexibility index (Phi) is 7.77. The number of carbonyl (C=O) groups is 1. The average molecular weight is 539 g/mol. The molecule has 1 aliphatic rings. The minimum absolute atomic E-state index is 0.214. The predicted molar refractivity (Wildman–Crippen MR) is 143 cm³/mol. The van der Waals surface area contributed by atoms with Crippen molar-refractivity contribution in [1.82, 2.24) is 25.0 Å². The van der Waals surface area contributed by atoms with E-state index in [2.05, 4.69) is 20.6 Å². The van der Waals surface area contributed by atoms with Crippen molar-refractivity contribution in [3.8, 4) is 21.8 Å². The van der Waals surface area contributed by atoms with Crippen LogP contribution in [0.4, 0.5) is 18.6 Å². The summed E-state index contributed by atoms with van der Waals surface area (Å²) >= 11 is 1.36. The molecule has 3 heterocycles. The smallest absolute Gasteiger partial charge is 0.320 e. The highest BCUT2D eigenvalue weighted by Crippen LogP contribution is 2.38. The van der Waals surface area contributed by atoms with E-state index in [0.29, 0.717) is 42.5 Å². The molecule has 0 aliphatic carbocycles. The molecule has 0 saturated carbocycles. The molecule has 38 heavy (non-hydrogen) atoms. The summed E-state index contributed by atoms with van der Waals surface area (Å²) in [6.45, 7) is 2.33. The molecule has 1 fully saturated rings. The van der Waals surface area contributed by atoms with E-state index in [4.69, 9.17) is 9.72 Å². The van der Waals surface area contributed by atoms with Gasteiger partial charge in [-0.15, -0.1) is 0 Å². The summed E-state index contributed by atoms with van der Waals surface area (Å²) in [5, 5.41) is 11.6. The number of amides is 2. The number of aryl methyl sites for hydroxylation is 1. The molecular formula is C27H28F2N6O2S. The first-order valence-electron chi connectivity index (χ1n) is 12.2. The average Bonchev–Trinajstić information content (AvgIpc) is 3.63. The molecule has 1 aliphatic heterocycles. The molecule has 11 heteroatoms. The molecule has 2 unspecified atom stereocenters. The second-order valence-corrected chi connectivity index (χ2v) is 10.2. The van der Waals surface area contributed by atoms with Gasteiger partial charge in [-0.1, -0.05) is 47.7 Å². The number of nitrogens with zero attached hydrogens (tertiary/aromatic N) is 4. The van der Waals surface area contributed by atoms with Crippen LogP contribution >= 0.6 is 11.3 Å². The number of hydrogen-bond acceptors (Lipinski definition) is 6. The molecule has 5 rings (SSSR count). The van der Waals surface area contributed by atoms with Crippen LogP contribution in [0.1, 0.15) is 11.5 Å². The Labute approximate surface area is 223 Å². The molecule has 0 spiro atoms. The van der Waals surface area contributed by atoms with Crippen LogP contribution in [0.2, 0.25) is 0 Å². The number of ether oxygens (including phenoxy) is 1. The number of benzene rings is 2. The van der Waals surface area contributed by atoms with Crippen LogP contribution in [0.5, 0.6) is 0 Å². The molecule has 0 bridgehead atoms. The van der Waals surface area contributed by atoms with Crippen LogP contribution < -0.4 is 10.6 Å². The molecule has 198 valence electrons. The maximum Gasteiger partial charge on any atom is 0.320 e. The molecule has 2 atom stereocenters. The summed E-state index contributed by atoms with van der Waals surface area (Å²) in [5.41, 5.74) is 3.03. The monoisotopic (exact) mass is 538 g/mol. The highest BCUT2D eigenvalue weighted by Gasteiger charge is 2.35. The molecule has 2 aromatic carbocycles. The molecule has 0 radical (unpaired) electrons. The lowest BCUT2D eigenvalue weighted by molar-refractivity contribution is 0.159. The fraction of sp³-hybridized carbons (Fsp3) is 0.296. The highest BCUT2D eigenvalue weighted by molar-refractivity contribution is 7.19. The number of thiazole rings is 1. The van der Waals surface area contributed by atoms with Crippen molar-refractivity contribution in [3.05, 3.63) is 78.1 Å². The zero-order valence-corrected chi connectivity index (χ0v) is 21.8. The summed E-state index contributed by atoms with van der Waals surface area (Å²) in [6.07, 6.45) is 3.61. The van der Waals surface area contributed by atoms with Gasteiger partial charge in [-0.25, -0.2) is 18.6 Å². The number of aromatic nitrogens is 3. The van der Waals surface area contributed by atoms with Crippen LogP contribution in [-0.2, 0) is 11.8 Å². The first kappa shape index (κ1) is 26.0. The Morgan fingerprint density at radius 2 is 1.95 bits per heavy atom. The van der Waals surface area contributed by atoms with Gasteiger partial charge in [0.2, 0.25) is 0 Å². The Morgan fingerprint density at radius 3 is 2.66 bits per heavy atom. The quantitative estimate of drug-likeness (QED) is 0.339. The molecule has 1 saturated heterocycles. The van der Waals surface area contributed by atoms with Crippen molar-refractivity contribution >= 4 is 22.4 Å². The molecule has 2 N–H and O–H groups in total. The fourth-order valence-corrected chi connectivity index (χ4v) is 5.63. The number of rotatable bonds is 8. The summed E-state index contributed by atoms with van der Waals surface area (Å²) < 4.78 is 34.5. The maximum atomic E-state index is 14.0. The lowest BCUT2D eigenvalue weighted by Crippen LogP contribution is -2.42. The topological polar surface area (TPSA) is 84.3 Å². The predicted octanol–water partition coefficient (Wildman–Crippen LogP) is 4.72. The van der Waals surface area contributed by atoms with Crippen LogP contribution in [0.15, 0.2) is 60.9 Å². The SMILES string of the molecule is COCCN1CC(NC(=O)Nc2sc(-c3cnn(C)c3)nc2-c2ccccc2)C(c2ccc(F)c(F)c2)C1. The third-order valence-electron chi connectivity index (χ3n) is 6.55. The zero-order chi connectivity index (χ0) is 26.6. The van der Waals surface area contributed by atoms with E-state index in [1.54, 1.807) is 24.1 Å². The van der Waals surface area contributed by atoms with Gasteiger partial charge in [-0.2, -0.15) is 5.10 Å². The fourth-order valence-electron chi connectivity index (χ4n) is 4.67. The number of likely N-dealkylation sites (tertiary alicyclic amines) is 1. The summed E-state index contributed by atoms with van der Waals surface area (Å²) in [5.74, 6) is -2.01. The summed E-state index contributed by atoms with van der Waals surface area (Å²) in [7, 11) is 3.47. The lowest BCUT2D eigenvalue weighted by atomic mass is 9.94. The number of methoxy groups -OCH3 is 1. The summed E-state index contributed by atoms with van der Waals surface area (Å²) in [4.78, 5) is 20.2. The van der Waals surface area contributed by atoms with Gasteiger partial charge in [-0.05, 0) is 17.7 Å². The van der Waals surface area contributed by atoms with E-state index < -0.39 is 17.7 Å². The first-order valence-corrected chi connectivity index (χ1v) is 13.0. The standard InChI is InChI=1S/C27H28F2N6O2S/c1-34-14-19(13-30-34)25-32-24(17-6-4-3-5-7-17)26(38-25)33-27(36)31-23-16-35(10-11-37-2)15-20(23)18-8-9-21(28)22(29)12-18/h3-9,12-14,20,23H,10-11,15-16H2,1-2H3,(H2,31,33,36). The Hall–Kier alpha value is -3.67. The molecule has 4 aromatic rings. The minimum Gasteiger partial charge on any atom is -0.383 e. The van der Waals surface area contributed by atoms with Crippen molar-refractivity contribution < 1.29 is 18.3 Å². The molecule has 2 aromatic heterocycles. The largest absolute Gasteiger partial charge is 0.383 e. The second-order valence-electron chi connectivity index (χ2n) is 9.20. The van der Waals surface area contributed by atoms with Crippen LogP contribution in [0, 0.1) is 11.6 Å². The van der Waals surface area contributed by atoms with E-state index in [-0.39, 0.29) is 12.0 Å². The van der Waals surface area contributed by atoms with Gasteiger partial charge >= 0.3 is 6.03 Å². The van der Waals surface area contributed by atoms with Gasteiger partial charge in [0.15, 0.2) is 11.6 Å². The highest BCUT2D eigenvalue weighted by atomic mass is 32.1.